The van der Waals surface area contributed by atoms with Crippen LogP contribution in [0.25, 0.3) is 16.8 Å². The van der Waals surface area contributed by atoms with Crippen molar-refractivity contribution in [3.05, 3.63) is 35.8 Å². The summed E-state index contributed by atoms with van der Waals surface area (Å²) in [5, 5.41) is 9.36. The number of nitrogens with two attached hydrogens (primary N) is 1. The Morgan fingerprint density at radius 1 is 1.13 bits per heavy atom. The standard InChI is InChI=1S/C24H26F4N8O3/c1-39-22-14(21(37)34-17-10-35(9-16(17)25)23(38)33-13-4-2-3-5-13)6-12(8-30-22)18-7-15(24(26,27)28)19-20(29)31-11-32-36(18)19/h6-8,11,13,16-17H,2-5,9-10H2,1H3,(H,33,38)(H,34,37)(H2,29,31,32). The number of nitrogens with one attached hydrogen (secondary N) is 2. The number of likely N-dealkylation sites (tertiary alicyclic amines) is 1. The summed E-state index contributed by atoms with van der Waals surface area (Å²) in [6.07, 6.45) is -0.233. The molecule has 2 atom stereocenters. The van der Waals surface area contributed by atoms with Crippen molar-refractivity contribution in [3.8, 4) is 17.1 Å². The predicted octanol–water partition coefficient (Wildman–Crippen LogP) is 2.81. The Labute approximate surface area is 219 Å². The largest absolute Gasteiger partial charge is 0.480 e. The third-order valence-electron chi connectivity index (χ3n) is 7.01. The van der Waals surface area contributed by atoms with E-state index in [2.05, 4.69) is 25.7 Å². The van der Waals surface area contributed by atoms with E-state index in [9.17, 15) is 27.2 Å². The van der Waals surface area contributed by atoms with E-state index in [1.807, 2.05) is 0 Å². The molecular weight excluding hydrogens is 524 g/mol. The zero-order valence-electron chi connectivity index (χ0n) is 20.8. The van der Waals surface area contributed by atoms with Gasteiger partial charge < -0.3 is 26.0 Å². The van der Waals surface area contributed by atoms with E-state index in [4.69, 9.17) is 10.5 Å². The van der Waals surface area contributed by atoms with Gasteiger partial charge >= 0.3 is 12.2 Å². The van der Waals surface area contributed by atoms with Gasteiger partial charge in [-0.05, 0) is 25.0 Å². The lowest BCUT2D eigenvalue weighted by Gasteiger charge is -2.20. The molecule has 0 spiro atoms. The first-order valence-corrected chi connectivity index (χ1v) is 12.3. The summed E-state index contributed by atoms with van der Waals surface area (Å²) in [6.45, 7) is -0.230. The van der Waals surface area contributed by atoms with E-state index in [1.54, 1.807) is 0 Å². The Kier molecular flexibility index (Phi) is 6.91. The molecule has 2 unspecified atom stereocenters. The van der Waals surface area contributed by atoms with Crippen LogP contribution < -0.4 is 21.1 Å². The smallest absolute Gasteiger partial charge is 0.418 e. The molecule has 3 aromatic heterocycles. The van der Waals surface area contributed by atoms with Crippen molar-refractivity contribution in [2.24, 2.45) is 0 Å². The number of rotatable bonds is 5. The zero-order chi connectivity index (χ0) is 27.9. The number of anilines is 1. The minimum atomic E-state index is -4.75. The maximum atomic E-state index is 14.8. The number of aromatic nitrogens is 4. The highest BCUT2D eigenvalue weighted by Gasteiger charge is 2.39. The van der Waals surface area contributed by atoms with Gasteiger partial charge in [0, 0.05) is 24.3 Å². The number of carbonyl (C=O) groups is 2. The molecule has 3 amide bonds. The van der Waals surface area contributed by atoms with Gasteiger partial charge in [-0.1, -0.05) is 12.8 Å². The molecule has 0 bridgehead atoms. The number of amides is 3. The second kappa shape index (κ2) is 10.2. The quantitative estimate of drug-likeness (QED) is 0.415. The molecule has 2 aliphatic rings. The lowest BCUT2D eigenvalue weighted by atomic mass is 10.1. The molecule has 15 heteroatoms. The molecule has 4 N–H and O–H groups in total. The van der Waals surface area contributed by atoms with E-state index in [0.29, 0.717) is 0 Å². The van der Waals surface area contributed by atoms with Crippen LogP contribution >= 0.6 is 0 Å². The number of ether oxygens (including phenoxy) is 1. The first-order chi connectivity index (χ1) is 18.6. The van der Waals surface area contributed by atoms with Crippen molar-refractivity contribution in [3.63, 3.8) is 0 Å². The average molecular weight is 551 g/mol. The lowest BCUT2D eigenvalue weighted by Crippen LogP contribution is -2.45. The van der Waals surface area contributed by atoms with Crippen molar-refractivity contribution in [2.45, 2.75) is 50.1 Å². The number of nitrogen functional groups attached to an aromatic ring is 1. The Balaban J connectivity index is 1.40. The number of methoxy groups -OCH3 is 1. The topological polar surface area (TPSA) is 140 Å². The minimum Gasteiger partial charge on any atom is -0.480 e. The van der Waals surface area contributed by atoms with Gasteiger partial charge in [-0.3, -0.25) is 4.79 Å². The number of hydrogen-bond donors (Lipinski definition) is 3. The second-order valence-electron chi connectivity index (χ2n) is 9.56. The van der Waals surface area contributed by atoms with Crippen LogP contribution in [0.15, 0.2) is 24.7 Å². The summed E-state index contributed by atoms with van der Waals surface area (Å²) < 4.78 is 62.1. The van der Waals surface area contributed by atoms with Gasteiger partial charge in [0.1, 0.15) is 23.6 Å². The van der Waals surface area contributed by atoms with Gasteiger partial charge in [-0.25, -0.2) is 23.7 Å². The van der Waals surface area contributed by atoms with Gasteiger partial charge in [-0.15, -0.1) is 0 Å². The molecule has 0 radical (unpaired) electrons. The number of fused-ring (bicyclic) bond motifs is 1. The molecule has 1 saturated heterocycles. The fourth-order valence-electron chi connectivity index (χ4n) is 5.06. The third-order valence-corrected chi connectivity index (χ3v) is 7.01. The van der Waals surface area contributed by atoms with Crippen LogP contribution in [0.2, 0.25) is 0 Å². The van der Waals surface area contributed by atoms with Crippen molar-refractivity contribution in [2.75, 3.05) is 25.9 Å². The Bertz CT molecular complexity index is 1410. The molecule has 39 heavy (non-hydrogen) atoms. The highest BCUT2D eigenvalue weighted by Crippen LogP contribution is 2.39. The molecular formula is C24H26F4N8O3. The van der Waals surface area contributed by atoms with Gasteiger partial charge in [0.05, 0.1) is 31.0 Å². The summed E-state index contributed by atoms with van der Waals surface area (Å²) in [4.78, 5) is 34.8. The van der Waals surface area contributed by atoms with Crippen LogP contribution in [0.4, 0.5) is 28.2 Å². The monoisotopic (exact) mass is 550 g/mol. The van der Waals surface area contributed by atoms with Gasteiger partial charge in [0.15, 0.2) is 5.82 Å². The predicted molar refractivity (Wildman–Crippen MR) is 131 cm³/mol. The Morgan fingerprint density at radius 2 is 1.87 bits per heavy atom. The second-order valence-corrected chi connectivity index (χ2v) is 9.56. The van der Waals surface area contributed by atoms with Crippen molar-refractivity contribution < 1.29 is 31.9 Å². The Morgan fingerprint density at radius 3 is 2.56 bits per heavy atom. The molecule has 11 nitrogen and oxygen atoms in total. The number of hydrogen-bond acceptors (Lipinski definition) is 7. The fraction of sp³-hybridized carbons (Fsp3) is 0.458. The lowest BCUT2D eigenvalue weighted by molar-refractivity contribution is -0.136. The van der Waals surface area contributed by atoms with Gasteiger partial charge in [0.25, 0.3) is 5.91 Å². The summed E-state index contributed by atoms with van der Waals surface area (Å²) >= 11 is 0. The number of pyridine rings is 1. The fourth-order valence-corrected chi connectivity index (χ4v) is 5.06. The van der Waals surface area contributed by atoms with Gasteiger partial charge in [-0.2, -0.15) is 18.3 Å². The summed E-state index contributed by atoms with van der Waals surface area (Å²) in [7, 11) is 1.27. The van der Waals surface area contributed by atoms with Crippen molar-refractivity contribution in [1.29, 1.82) is 0 Å². The highest BCUT2D eigenvalue weighted by atomic mass is 19.4. The van der Waals surface area contributed by atoms with E-state index < -0.39 is 35.4 Å². The molecule has 1 saturated carbocycles. The minimum absolute atomic E-state index is 0.0463. The van der Waals surface area contributed by atoms with Crippen LogP contribution in [0.5, 0.6) is 5.88 Å². The first kappa shape index (κ1) is 26.4. The van der Waals surface area contributed by atoms with Crippen molar-refractivity contribution >= 4 is 23.3 Å². The van der Waals surface area contributed by atoms with Crippen LogP contribution in [-0.4, -0.2) is 74.9 Å². The molecule has 3 aromatic rings. The van der Waals surface area contributed by atoms with Gasteiger partial charge in [0.2, 0.25) is 5.88 Å². The normalized spacial score (nSPS) is 20.0. The van der Waals surface area contributed by atoms with Crippen LogP contribution in [0, 0.1) is 0 Å². The molecule has 2 fully saturated rings. The number of alkyl halides is 4. The van der Waals surface area contributed by atoms with Crippen LogP contribution in [0.1, 0.15) is 41.6 Å². The summed E-state index contributed by atoms with van der Waals surface area (Å²) in [5.41, 5.74) is 4.13. The molecule has 1 aliphatic carbocycles. The van der Waals surface area contributed by atoms with E-state index in [-0.39, 0.29) is 53.7 Å². The molecule has 1 aliphatic heterocycles. The number of urea groups is 1. The van der Waals surface area contributed by atoms with E-state index in [1.165, 1.54) is 24.3 Å². The average Bonchev–Trinajstić information content (AvgIpc) is 3.63. The van der Waals surface area contributed by atoms with Crippen molar-refractivity contribution in [1.82, 2.24) is 35.1 Å². The summed E-state index contributed by atoms with van der Waals surface area (Å²) in [5.74, 6) is -1.26. The van der Waals surface area contributed by atoms with Crippen LogP contribution in [-0.2, 0) is 6.18 Å². The third kappa shape index (κ3) is 5.12. The molecule has 5 rings (SSSR count). The van der Waals surface area contributed by atoms with Crippen LogP contribution in [0.3, 0.4) is 0 Å². The molecule has 4 heterocycles. The maximum Gasteiger partial charge on any atom is 0.418 e. The zero-order valence-corrected chi connectivity index (χ0v) is 20.8. The Hall–Kier alpha value is -4.17. The summed E-state index contributed by atoms with van der Waals surface area (Å²) in [6, 6.07) is 0.781. The number of halogens is 4. The van der Waals surface area contributed by atoms with E-state index in [0.717, 1.165) is 42.6 Å². The first-order valence-electron chi connectivity index (χ1n) is 12.3. The SMILES string of the molecule is COc1ncc(-c2cc(C(F)(F)F)c3c(N)ncnn23)cc1C(=O)NC1CN(C(=O)NC2CCCC2)CC1F. The maximum absolute atomic E-state index is 14.8. The van der Waals surface area contributed by atoms with E-state index >= 15 is 0 Å². The molecule has 0 aromatic carbocycles. The number of nitrogens with zero attached hydrogens (tertiary/aromatic N) is 5. The highest BCUT2D eigenvalue weighted by molar-refractivity contribution is 5.98. The number of carbonyl (C=O) groups excluding carboxylic acids is 2. The molecule has 208 valence electrons.